The zero-order valence-corrected chi connectivity index (χ0v) is 17.8. The summed E-state index contributed by atoms with van der Waals surface area (Å²) in [5.74, 6) is 1.85. The molecule has 1 aromatic heterocycles. The van der Waals surface area contributed by atoms with Gasteiger partial charge in [-0.15, -0.1) is 0 Å². The fraction of sp³-hybridized carbons (Fsp3) is 0.273. The minimum Gasteiger partial charge on any atom is -0.493 e. The number of para-hydroxylation sites is 1. The minimum atomic E-state index is -0.0728. The molecule has 3 aromatic rings. The summed E-state index contributed by atoms with van der Waals surface area (Å²) < 4.78 is 16.0. The van der Waals surface area contributed by atoms with Crippen LogP contribution in [-0.4, -0.2) is 38.0 Å². The predicted octanol–water partition coefficient (Wildman–Crippen LogP) is 3.98. The highest BCUT2D eigenvalue weighted by molar-refractivity contribution is 7.99. The molecule has 0 aliphatic carbocycles. The first-order valence-electron chi connectivity index (χ1n) is 9.10. The zero-order valence-electron chi connectivity index (χ0n) is 16.9. The molecule has 1 N–H and O–H groups in total. The van der Waals surface area contributed by atoms with Crippen LogP contribution in [0, 0.1) is 6.92 Å². The first-order chi connectivity index (χ1) is 14.0. The van der Waals surface area contributed by atoms with Crippen LogP contribution in [0.2, 0.25) is 0 Å². The highest BCUT2D eigenvalue weighted by atomic mass is 32.2. The van der Waals surface area contributed by atoms with E-state index in [4.69, 9.17) is 14.2 Å². The van der Waals surface area contributed by atoms with Crippen LogP contribution in [0.4, 0.5) is 0 Å². The fourth-order valence-electron chi connectivity index (χ4n) is 3.02. The first-order valence-corrected chi connectivity index (χ1v) is 10.1. The van der Waals surface area contributed by atoms with E-state index in [-0.39, 0.29) is 11.7 Å². The van der Waals surface area contributed by atoms with E-state index in [2.05, 4.69) is 23.3 Å². The van der Waals surface area contributed by atoms with Crippen LogP contribution in [0.1, 0.15) is 11.1 Å². The van der Waals surface area contributed by atoms with E-state index in [1.807, 2.05) is 36.4 Å². The van der Waals surface area contributed by atoms with E-state index in [1.165, 1.54) is 11.8 Å². The Balaban J connectivity index is 1.62. The molecule has 2 aromatic carbocycles. The summed E-state index contributed by atoms with van der Waals surface area (Å²) in [6.45, 7) is 2.42. The Morgan fingerprint density at radius 3 is 2.38 bits per heavy atom. The average Bonchev–Trinajstić information content (AvgIpc) is 2.75. The second-order valence-electron chi connectivity index (χ2n) is 6.39. The molecule has 0 fully saturated rings. The number of rotatable bonds is 8. The number of amides is 1. The number of carbonyl (C=O) groups is 1. The van der Waals surface area contributed by atoms with Gasteiger partial charge in [0.2, 0.25) is 11.7 Å². The number of thioether (sulfide) groups is 1. The van der Waals surface area contributed by atoms with E-state index in [9.17, 15) is 4.79 Å². The third-order valence-electron chi connectivity index (χ3n) is 4.46. The smallest absolute Gasteiger partial charge is 0.230 e. The summed E-state index contributed by atoms with van der Waals surface area (Å²) >= 11 is 1.42. The number of fused-ring (bicyclic) bond motifs is 1. The number of carbonyl (C=O) groups excluding carboxylic acids is 1. The molecule has 0 bridgehead atoms. The van der Waals surface area contributed by atoms with Crippen molar-refractivity contribution in [1.82, 2.24) is 10.3 Å². The van der Waals surface area contributed by atoms with E-state index in [1.54, 1.807) is 21.3 Å². The molecule has 0 aliphatic heterocycles. The van der Waals surface area contributed by atoms with Crippen LogP contribution >= 0.6 is 11.8 Å². The minimum absolute atomic E-state index is 0.0728. The summed E-state index contributed by atoms with van der Waals surface area (Å²) in [5, 5.41) is 4.89. The largest absolute Gasteiger partial charge is 0.493 e. The molecule has 7 heteroatoms. The molecule has 1 amide bonds. The van der Waals surface area contributed by atoms with Gasteiger partial charge in [-0.25, -0.2) is 4.98 Å². The number of methoxy groups -OCH3 is 3. The van der Waals surface area contributed by atoms with Crippen molar-refractivity contribution < 1.29 is 19.0 Å². The van der Waals surface area contributed by atoms with Crippen LogP contribution in [0.5, 0.6) is 17.2 Å². The maximum atomic E-state index is 12.3. The number of nitrogens with zero attached hydrogens (tertiary/aromatic N) is 1. The molecule has 0 saturated heterocycles. The highest BCUT2D eigenvalue weighted by Gasteiger charge is 2.14. The summed E-state index contributed by atoms with van der Waals surface area (Å²) in [4.78, 5) is 17.0. The average molecular weight is 413 g/mol. The van der Waals surface area contributed by atoms with Crippen molar-refractivity contribution >= 4 is 28.6 Å². The lowest BCUT2D eigenvalue weighted by molar-refractivity contribution is -0.118. The van der Waals surface area contributed by atoms with Gasteiger partial charge in [0.15, 0.2) is 11.5 Å². The number of aryl methyl sites for hydroxylation is 1. The van der Waals surface area contributed by atoms with Gasteiger partial charge in [0.1, 0.15) is 0 Å². The number of ether oxygens (including phenoxy) is 3. The molecule has 152 valence electrons. The molecule has 0 unspecified atom stereocenters. The Kier molecular flexibility index (Phi) is 6.82. The second kappa shape index (κ2) is 9.52. The molecular formula is C22H24N2O4S. The Hall–Kier alpha value is -2.93. The van der Waals surface area contributed by atoms with Crippen LogP contribution in [0.3, 0.4) is 0 Å². The van der Waals surface area contributed by atoms with E-state index < -0.39 is 0 Å². The van der Waals surface area contributed by atoms with Crippen LogP contribution < -0.4 is 19.5 Å². The first kappa shape index (κ1) is 20.8. The summed E-state index contributed by atoms with van der Waals surface area (Å²) in [6.07, 6.45) is 0. The highest BCUT2D eigenvalue weighted by Crippen LogP contribution is 2.38. The standard InChI is InChI=1S/C22H24N2O4S/c1-14-9-21(24-17-8-6-5-7-16(14)17)29-13-20(25)23-12-15-10-18(26-2)22(28-4)19(11-15)27-3/h5-11H,12-13H2,1-4H3,(H,23,25). The molecule has 3 rings (SSSR count). The second-order valence-corrected chi connectivity index (χ2v) is 7.39. The van der Waals surface area contributed by atoms with E-state index in [0.717, 1.165) is 27.1 Å². The van der Waals surface area contributed by atoms with E-state index in [0.29, 0.717) is 23.8 Å². The molecule has 0 aliphatic rings. The maximum Gasteiger partial charge on any atom is 0.230 e. The van der Waals surface area contributed by atoms with Gasteiger partial charge in [-0.1, -0.05) is 30.0 Å². The fourth-order valence-corrected chi connectivity index (χ4v) is 3.83. The maximum absolute atomic E-state index is 12.3. The third-order valence-corrected chi connectivity index (χ3v) is 5.38. The molecule has 0 radical (unpaired) electrons. The van der Waals surface area contributed by atoms with Crippen LogP contribution in [-0.2, 0) is 11.3 Å². The number of nitrogens with one attached hydrogen (secondary N) is 1. The molecule has 6 nitrogen and oxygen atoms in total. The third kappa shape index (κ3) is 4.92. The van der Waals surface area contributed by atoms with Gasteiger partial charge in [0, 0.05) is 11.9 Å². The monoisotopic (exact) mass is 412 g/mol. The van der Waals surface area contributed by atoms with Crippen molar-refractivity contribution in [3.8, 4) is 17.2 Å². The predicted molar refractivity (Wildman–Crippen MR) is 115 cm³/mol. The SMILES string of the molecule is COc1cc(CNC(=O)CSc2cc(C)c3ccccc3n2)cc(OC)c1OC. The number of hydrogen-bond donors (Lipinski definition) is 1. The van der Waals surface area contributed by atoms with Crippen LogP contribution in [0.25, 0.3) is 10.9 Å². The lowest BCUT2D eigenvalue weighted by Gasteiger charge is -2.14. The number of pyridine rings is 1. The van der Waals surface area contributed by atoms with Gasteiger partial charge in [-0.05, 0) is 42.3 Å². The molecule has 1 heterocycles. The van der Waals surface area contributed by atoms with Gasteiger partial charge in [-0.3, -0.25) is 4.79 Å². The topological polar surface area (TPSA) is 69.7 Å². The molecule has 29 heavy (non-hydrogen) atoms. The molecule has 0 atom stereocenters. The van der Waals surface area contributed by atoms with Gasteiger partial charge >= 0.3 is 0 Å². The molecule has 0 spiro atoms. The van der Waals surface area contributed by atoms with Crippen molar-refractivity contribution in [3.05, 3.63) is 53.6 Å². The summed E-state index contributed by atoms with van der Waals surface area (Å²) in [5.41, 5.74) is 2.95. The number of benzene rings is 2. The lowest BCUT2D eigenvalue weighted by atomic mass is 10.1. The van der Waals surface area contributed by atoms with Gasteiger partial charge in [0.05, 0.1) is 37.6 Å². The zero-order chi connectivity index (χ0) is 20.8. The quantitative estimate of drug-likeness (QED) is 0.565. The van der Waals surface area contributed by atoms with E-state index >= 15 is 0 Å². The lowest BCUT2D eigenvalue weighted by Crippen LogP contribution is -2.24. The Morgan fingerprint density at radius 1 is 1.03 bits per heavy atom. The summed E-state index contributed by atoms with van der Waals surface area (Å²) in [7, 11) is 4.69. The molecular weight excluding hydrogens is 388 g/mol. The molecule has 0 saturated carbocycles. The van der Waals surface area contributed by atoms with Crippen LogP contribution in [0.15, 0.2) is 47.5 Å². The van der Waals surface area contributed by atoms with Crippen molar-refractivity contribution in [3.63, 3.8) is 0 Å². The normalized spacial score (nSPS) is 10.6. The van der Waals surface area contributed by atoms with Crippen molar-refractivity contribution in [2.75, 3.05) is 27.1 Å². The Labute approximate surface area is 174 Å². The Bertz CT molecular complexity index is 998. The number of hydrogen-bond acceptors (Lipinski definition) is 6. The summed E-state index contributed by atoms with van der Waals surface area (Å²) in [6, 6.07) is 13.7. The van der Waals surface area contributed by atoms with Gasteiger partial charge in [0.25, 0.3) is 0 Å². The van der Waals surface area contributed by atoms with Crippen molar-refractivity contribution in [2.24, 2.45) is 0 Å². The van der Waals surface area contributed by atoms with Crippen molar-refractivity contribution in [2.45, 2.75) is 18.5 Å². The van der Waals surface area contributed by atoms with Crippen molar-refractivity contribution in [1.29, 1.82) is 0 Å². The Morgan fingerprint density at radius 2 is 1.72 bits per heavy atom. The van der Waals surface area contributed by atoms with Gasteiger partial charge < -0.3 is 19.5 Å². The van der Waals surface area contributed by atoms with Gasteiger partial charge in [-0.2, -0.15) is 0 Å². The number of aromatic nitrogens is 1.